The van der Waals surface area contributed by atoms with E-state index in [0.29, 0.717) is 5.92 Å². The van der Waals surface area contributed by atoms with Gasteiger partial charge in [0.25, 0.3) is 0 Å². The summed E-state index contributed by atoms with van der Waals surface area (Å²) in [5, 5.41) is 3.46. The summed E-state index contributed by atoms with van der Waals surface area (Å²) in [7, 11) is 1.05. The lowest BCUT2D eigenvalue weighted by Crippen LogP contribution is -2.42. The fourth-order valence-electron chi connectivity index (χ4n) is 2.34. The molecular weight excluding hydrogens is 254 g/mol. The molecule has 1 aromatic rings. The lowest BCUT2D eigenvalue weighted by molar-refractivity contribution is 0.454. The fraction of sp³-hybridized carbons (Fsp3) is 0.625. The van der Waals surface area contributed by atoms with Crippen molar-refractivity contribution in [3.05, 3.63) is 35.9 Å². The van der Waals surface area contributed by atoms with Gasteiger partial charge in [-0.3, -0.25) is 4.21 Å². The average Bonchev–Trinajstić information content (AvgIpc) is 2.34. The summed E-state index contributed by atoms with van der Waals surface area (Å²) in [4.78, 5) is 0. The second-order valence-electron chi connectivity index (χ2n) is 6.30. The van der Waals surface area contributed by atoms with Gasteiger partial charge in [0.15, 0.2) is 0 Å². The van der Waals surface area contributed by atoms with Crippen molar-refractivity contribution < 1.29 is 4.21 Å². The Morgan fingerprint density at radius 3 is 2.00 bits per heavy atom. The van der Waals surface area contributed by atoms with Crippen LogP contribution in [0.25, 0.3) is 0 Å². The molecule has 0 fully saturated rings. The van der Waals surface area contributed by atoms with Gasteiger partial charge < -0.3 is 5.32 Å². The van der Waals surface area contributed by atoms with Crippen LogP contribution in [0.3, 0.4) is 0 Å². The Kier molecular flexibility index (Phi) is 5.75. The van der Waals surface area contributed by atoms with E-state index in [4.69, 9.17) is 0 Å². The van der Waals surface area contributed by atoms with Crippen molar-refractivity contribution in [2.45, 2.75) is 50.7 Å². The second-order valence-corrected chi connectivity index (χ2v) is 8.66. The summed E-state index contributed by atoms with van der Waals surface area (Å²) in [6.07, 6.45) is 0. The Bertz CT molecular complexity index is 409. The van der Waals surface area contributed by atoms with E-state index in [1.54, 1.807) is 0 Å². The van der Waals surface area contributed by atoms with Gasteiger partial charge in [-0.25, -0.2) is 0 Å². The molecule has 1 aromatic carbocycles. The van der Waals surface area contributed by atoms with Gasteiger partial charge in [0, 0.05) is 21.6 Å². The van der Waals surface area contributed by atoms with Crippen molar-refractivity contribution >= 4 is 10.8 Å². The van der Waals surface area contributed by atoms with Crippen LogP contribution in [0.5, 0.6) is 0 Å². The smallest absolute Gasteiger partial charge is 0.0570 e. The maximum Gasteiger partial charge on any atom is 0.0570 e. The topological polar surface area (TPSA) is 29.1 Å². The zero-order valence-electron chi connectivity index (χ0n) is 12.9. The van der Waals surface area contributed by atoms with Gasteiger partial charge in [-0.1, -0.05) is 44.2 Å². The fourth-order valence-corrected chi connectivity index (χ4v) is 4.20. The predicted molar refractivity (Wildman–Crippen MR) is 84.8 cm³/mol. The van der Waals surface area contributed by atoms with Crippen LogP contribution < -0.4 is 5.32 Å². The Morgan fingerprint density at radius 2 is 1.63 bits per heavy atom. The molecule has 1 N–H and O–H groups in total. The SMILES string of the molecule is CNC(c1ccccc1)C(C(C)C)S(=O)C(C)(C)C. The highest BCUT2D eigenvalue weighted by molar-refractivity contribution is 7.87. The lowest BCUT2D eigenvalue weighted by Gasteiger charge is -2.34. The van der Waals surface area contributed by atoms with Crippen molar-refractivity contribution in [3.63, 3.8) is 0 Å². The standard InChI is InChI=1S/C16H27NOS/c1-12(2)15(19(18)16(3,4)5)14(17-6)13-10-8-7-9-11-13/h7-12,14-15,17H,1-6H3. The quantitative estimate of drug-likeness (QED) is 0.894. The van der Waals surface area contributed by atoms with Crippen molar-refractivity contribution in [1.82, 2.24) is 5.32 Å². The lowest BCUT2D eigenvalue weighted by atomic mass is 9.96. The Morgan fingerprint density at radius 1 is 1.11 bits per heavy atom. The number of hydrogen-bond donors (Lipinski definition) is 1. The van der Waals surface area contributed by atoms with Crippen LogP contribution in [0, 0.1) is 5.92 Å². The minimum Gasteiger partial charge on any atom is -0.312 e. The molecule has 0 aromatic heterocycles. The minimum atomic E-state index is -0.898. The monoisotopic (exact) mass is 281 g/mol. The molecule has 0 aliphatic carbocycles. The van der Waals surface area contributed by atoms with Gasteiger partial charge in [-0.15, -0.1) is 0 Å². The van der Waals surface area contributed by atoms with Gasteiger partial charge in [0.05, 0.1) is 5.25 Å². The number of benzene rings is 1. The summed E-state index contributed by atoms with van der Waals surface area (Å²) in [6.45, 7) is 10.5. The van der Waals surface area contributed by atoms with E-state index < -0.39 is 10.8 Å². The molecule has 19 heavy (non-hydrogen) atoms. The molecule has 0 aliphatic heterocycles. The van der Waals surface area contributed by atoms with Crippen molar-refractivity contribution in [2.24, 2.45) is 5.92 Å². The van der Waals surface area contributed by atoms with E-state index in [9.17, 15) is 4.21 Å². The van der Waals surface area contributed by atoms with Crippen molar-refractivity contribution in [2.75, 3.05) is 7.05 Å². The molecule has 0 bridgehead atoms. The largest absolute Gasteiger partial charge is 0.312 e. The molecule has 0 saturated heterocycles. The first-order chi connectivity index (χ1) is 8.79. The molecule has 2 nitrogen and oxygen atoms in total. The van der Waals surface area contributed by atoms with E-state index in [1.165, 1.54) is 5.56 Å². The molecule has 3 atom stereocenters. The normalized spacial score (nSPS) is 17.2. The van der Waals surface area contributed by atoms with E-state index in [-0.39, 0.29) is 16.0 Å². The number of nitrogens with one attached hydrogen (secondary N) is 1. The third-order valence-corrected chi connectivity index (χ3v) is 5.82. The molecule has 3 unspecified atom stereocenters. The number of rotatable bonds is 5. The Balaban J connectivity index is 3.14. The van der Waals surface area contributed by atoms with Crippen LogP contribution in [-0.4, -0.2) is 21.3 Å². The van der Waals surface area contributed by atoms with Crippen LogP contribution >= 0.6 is 0 Å². The second kappa shape index (κ2) is 6.67. The van der Waals surface area contributed by atoms with E-state index in [1.807, 2.05) is 25.2 Å². The molecule has 0 radical (unpaired) electrons. The first-order valence-electron chi connectivity index (χ1n) is 6.92. The van der Waals surface area contributed by atoms with Gasteiger partial charge in [0.1, 0.15) is 0 Å². The van der Waals surface area contributed by atoms with Crippen molar-refractivity contribution in [1.29, 1.82) is 0 Å². The minimum absolute atomic E-state index is 0.104. The summed E-state index contributed by atoms with van der Waals surface area (Å²) < 4.78 is 12.7. The highest BCUT2D eigenvalue weighted by atomic mass is 32.2. The maximum atomic E-state index is 12.9. The Hall–Kier alpha value is -0.670. The zero-order valence-corrected chi connectivity index (χ0v) is 13.8. The van der Waals surface area contributed by atoms with Crippen LogP contribution in [0.4, 0.5) is 0 Å². The highest BCUT2D eigenvalue weighted by Gasteiger charge is 2.35. The van der Waals surface area contributed by atoms with E-state index >= 15 is 0 Å². The Labute approximate surface area is 120 Å². The molecule has 3 heteroatoms. The molecule has 0 spiro atoms. The van der Waals surface area contributed by atoms with E-state index in [0.717, 1.165) is 0 Å². The molecule has 1 rings (SSSR count). The van der Waals surface area contributed by atoms with Gasteiger partial charge in [-0.2, -0.15) is 0 Å². The maximum absolute atomic E-state index is 12.9. The highest BCUT2D eigenvalue weighted by Crippen LogP contribution is 2.31. The molecular formula is C16H27NOS. The molecule has 0 aliphatic rings. The summed E-state index contributed by atoms with van der Waals surface area (Å²) in [6, 6.07) is 10.4. The van der Waals surface area contributed by atoms with Crippen LogP contribution in [0.15, 0.2) is 30.3 Å². The first kappa shape index (κ1) is 16.4. The molecule has 108 valence electrons. The van der Waals surface area contributed by atoms with Crippen LogP contribution in [0.1, 0.15) is 46.2 Å². The van der Waals surface area contributed by atoms with Crippen LogP contribution in [-0.2, 0) is 10.8 Å². The summed E-state index contributed by atoms with van der Waals surface area (Å²) in [5.41, 5.74) is 1.21. The van der Waals surface area contributed by atoms with Crippen LogP contribution in [0.2, 0.25) is 0 Å². The van der Waals surface area contributed by atoms with Gasteiger partial charge >= 0.3 is 0 Å². The van der Waals surface area contributed by atoms with Crippen molar-refractivity contribution in [3.8, 4) is 0 Å². The van der Waals surface area contributed by atoms with Gasteiger partial charge in [-0.05, 0) is 39.3 Å². The molecule has 0 heterocycles. The first-order valence-corrected chi connectivity index (χ1v) is 8.13. The van der Waals surface area contributed by atoms with E-state index in [2.05, 4.69) is 52.1 Å². The third-order valence-electron chi connectivity index (χ3n) is 3.31. The average molecular weight is 281 g/mol. The molecule has 0 amide bonds. The number of hydrogen-bond acceptors (Lipinski definition) is 2. The zero-order chi connectivity index (χ0) is 14.6. The summed E-state index contributed by atoms with van der Waals surface area (Å²) >= 11 is 0. The predicted octanol–water partition coefficient (Wildman–Crippen LogP) is 3.52. The third kappa shape index (κ3) is 4.15. The van der Waals surface area contributed by atoms with Gasteiger partial charge in [0.2, 0.25) is 0 Å². The summed E-state index contributed by atoms with van der Waals surface area (Å²) in [5.74, 6) is 0.359. The molecule has 0 saturated carbocycles.